The molecule has 1 aromatic heterocycles. The van der Waals surface area contributed by atoms with Gasteiger partial charge in [-0.05, 0) is 6.07 Å². The molecule has 11 heavy (non-hydrogen) atoms. The summed E-state index contributed by atoms with van der Waals surface area (Å²) < 4.78 is 22.1. The van der Waals surface area contributed by atoms with Crippen molar-refractivity contribution >= 4 is 21.1 Å². The van der Waals surface area contributed by atoms with E-state index in [1.54, 1.807) is 6.07 Å². The fraction of sp³-hybridized carbons (Fsp3) is 0. The van der Waals surface area contributed by atoms with Crippen LogP contribution in [0.15, 0.2) is 28.3 Å². The molecule has 0 N–H and O–H groups in total. The van der Waals surface area contributed by atoms with E-state index in [0.29, 0.717) is 5.69 Å². The number of pyridine rings is 1. The molecule has 1 aliphatic heterocycles. The summed E-state index contributed by atoms with van der Waals surface area (Å²) in [6.07, 6.45) is 2.81. The van der Waals surface area contributed by atoms with Crippen LogP contribution >= 0.6 is 0 Å². The maximum atomic E-state index is 11.1. The Hall–Kier alpha value is -1.23. The molecular weight excluding hydrogens is 164 g/mol. The maximum absolute atomic E-state index is 11.1. The van der Waals surface area contributed by atoms with Crippen LogP contribution < -0.4 is 0 Å². The third-order valence-electron chi connectivity index (χ3n) is 1.40. The standard InChI is InChI=1S/C6H4N2O2S/c9-11(10)4-8-5-1-2-7-3-6(5)11/h1-4H. The first-order chi connectivity index (χ1) is 5.20. The van der Waals surface area contributed by atoms with Crippen molar-refractivity contribution in [2.24, 2.45) is 4.99 Å². The Balaban J connectivity index is 2.84. The largest absolute Gasteiger partial charge is 0.263 e. The van der Waals surface area contributed by atoms with Gasteiger partial charge in [0.15, 0.2) is 0 Å². The lowest BCUT2D eigenvalue weighted by atomic mass is 10.4. The van der Waals surface area contributed by atoms with Crippen LogP contribution in [0.25, 0.3) is 0 Å². The van der Waals surface area contributed by atoms with Crippen LogP contribution in [-0.2, 0) is 9.84 Å². The molecule has 1 aromatic rings. The van der Waals surface area contributed by atoms with E-state index in [9.17, 15) is 8.42 Å². The topological polar surface area (TPSA) is 59.4 Å². The van der Waals surface area contributed by atoms with Crippen molar-refractivity contribution in [3.63, 3.8) is 0 Å². The monoisotopic (exact) mass is 168 g/mol. The highest BCUT2D eigenvalue weighted by atomic mass is 32.2. The van der Waals surface area contributed by atoms with Gasteiger partial charge in [0.05, 0.1) is 5.69 Å². The molecule has 0 saturated heterocycles. The molecule has 0 atom stereocenters. The zero-order valence-corrected chi connectivity index (χ0v) is 6.25. The van der Waals surface area contributed by atoms with E-state index in [0.717, 1.165) is 5.55 Å². The second-order valence-corrected chi connectivity index (χ2v) is 3.86. The van der Waals surface area contributed by atoms with Crippen LogP contribution in [-0.4, -0.2) is 18.9 Å². The van der Waals surface area contributed by atoms with Crippen molar-refractivity contribution in [1.29, 1.82) is 0 Å². The predicted molar refractivity (Wildman–Crippen MR) is 39.6 cm³/mol. The van der Waals surface area contributed by atoms with Gasteiger partial charge in [-0.1, -0.05) is 0 Å². The summed E-state index contributed by atoms with van der Waals surface area (Å²) in [4.78, 5) is 7.59. The molecule has 0 radical (unpaired) electrons. The highest BCUT2D eigenvalue weighted by Gasteiger charge is 2.21. The van der Waals surface area contributed by atoms with Crippen LogP contribution in [0.2, 0.25) is 0 Å². The van der Waals surface area contributed by atoms with Gasteiger partial charge in [-0.3, -0.25) is 4.98 Å². The van der Waals surface area contributed by atoms with Gasteiger partial charge in [0.1, 0.15) is 10.4 Å². The minimum Gasteiger partial charge on any atom is -0.263 e. The summed E-state index contributed by atoms with van der Waals surface area (Å²) in [5.41, 5.74) is 1.42. The van der Waals surface area contributed by atoms with Gasteiger partial charge in [-0.25, -0.2) is 13.4 Å². The van der Waals surface area contributed by atoms with Crippen molar-refractivity contribution in [1.82, 2.24) is 4.98 Å². The molecule has 1 aliphatic rings. The Kier molecular flexibility index (Phi) is 1.11. The van der Waals surface area contributed by atoms with Crippen LogP contribution in [0, 0.1) is 0 Å². The lowest BCUT2D eigenvalue weighted by Gasteiger charge is -1.91. The molecule has 2 rings (SSSR count). The normalized spacial score (nSPS) is 18.2. The Morgan fingerprint density at radius 2 is 2.18 bits per heavy atom. The molecule has 0 unspecified atom stereocenters. The Morgan fingerprint density at radius 1 is 1.36 bits per heavy atom. The van der Waals surface area contributed by atoms with Gasteiger partial charge < -0.3 is 0 Å². The highest BCUT2D eigenvalue weighted by Crippen LogP contribution is 2.27. The molecule has 2 heterocycles. The highest BCUT2D eigenvalue weighted by molar-refractivity contribution is 8.05. The van der Waals surface area contributed by atoms with Crippen LogP contribution in [0.3, 0.4) is 0 Å². The average Bonchev–Trinajstić information content (AvgIpc) is 2.29. The van der Waals surface area contributed by atoms with Gasteiger partial charge in [-0.15, -0.1) is 0 Å². The Bertz CT molecular complexity index is 422. The third-order valence-corrected chi connectivity index (χ3v) is 2.71. The number of aliphatic imine (C=N–C) groups is 1. The molecule has 0 saturated carbocycles. The van der Waals surface area contributed by atoms with Gasteiger partial charge in [0.2, 0.25) is 9.84 Å². The van der Waals surface area contributed by atoms with E-state index in [1.165, 1.54) is 12.4 Å². The first kappa shape index (κ1) is 6.48. The van der Waals surface area contributed by atoms with Gasteiger partial charge in [0.25, 0.3) is 0 Å². The average molecular weight is 168 g/mol. The number of hydrogen-bond donors (Lipinski definition) is 0. The molecule has 0 fully saturated rings. The second kappa shape index (κ2) is 1.88. The van der Waals surface area contributed by atoms with E-state index >= 15 is 0 Å². The first-order valence-corrected chi connectivity index (χ1v) is 4.48. The zero-order valence-electron chi connectivity index (χ0n) is 5.43. The SMILES string of the molecule is O=S1(=O)C=Nc2ccncc21. The predicted octanol–water partition coefficient (Wildman–Crippen LogP) is 0.529. The number of sulfone groups is 1. The molecule has 0 aliphatic carbocycles. The van der Waals surface area contributed by atoms with Crippen molar-refractivity contribution in [2.45, 2.75) is 4.90 Å². The summed E-state index contributed by atoms with van der Waals surface area (Å²) >= 11 is 0. The maximum Gasteiger partial charge on any atom is 0.220 e. The van der Waals surface area contributed by atoms with E-state index in [-0.39, 0.29) is 4.90 Å². The molecular formula is C6H4N2O2S. The first-order valence-electron chi connectivity index (χ1n) is 2.93. The smallest absolute Gasteiger partial charge is 0.220 e. The van der Waals surface area contributed by atoms with Gasteiger partial charge in [0, 0.05) is 12.4 Å². The van der Waals surface area contributed by atoms with Crippen LogP contribution in [0.5, 0.6) is 0 Å². The summed E-state index contributed by atoms with van der Waals surface area (Å²) in [7, 11) is -3.26. The van der Waals surface area contributed by atoms with Gasteiger partial charge >= 0.3 is 0 Å². The number of fused-ring (bicyclic) bond motifs is 1. The molecule has 56 valence electrons. The Labute approximate surface area is 63.5 Å². The van der Waals surface area contributed by atoms with E-state index in [4.69, 9.17) is 0 Å². The van der Waals surface area contributed by atoms with Crippen molar-refractivity contribution < 1.29 is 8.42 Å². The number of rotatable bonds is 0. The van der Waals surface area contributed by atoms with E-state index < -0.39 is 9.84 Å². The molecule has 0 bridgehead atoms. The van der Waals surface area contributed by atoms with Gasteiger partial charge in [-0.2, -0.15) is 0 Å². The van der Waals surface area contributed by atoms with Crippen molar-refractivity contribution in [3.8, 4) is 0 Å². The summed E-state index contributed by atoms with van der Waals surface area (Å²) in [6.45, 7) is 0. The minimum absolute atomic E-state index is 0.194. The fourth-order valence-corrected chi connectivity index (χ4v) is 1.87. The van der Waals surface area contributed by atoms with Crippen molar-refractivity contribution in [2.75, 3.05) is 0 Å². The van der Waals surface area contributed by atoms with Crippen LogP contribution in [0.1, 0.15) is 0 Å². The summed E-state index contributed by atoms with van der Waals surface area (Å²) in [5.74, 6) is 0. The molecule has 4 nitrogen and oxygen atoms in total. The lowest BCUT2D eigenvalue weighted by molar-refractivity contribution is 0.609. The summed E-state index contributed by atoms with van der Waals surface area (Å²) in [6, 6.07) is 1.57. The molecule has 5 heteroatoms. The number of aromatic nitrogens is 1. The summed E-state index contributed by atoms with van der Waals surface area (Å²) in [5, 5.41) is 0. The van der Waals surface area contributed by atoms with E-state index in [2.05, 4.69) is 9.98 Å². The number of nitrogens with zero attached hydrogens (tertiary/aromatic N) is 2. The van der Waals surface area contributed by atoms with E-state index in [1.807, 2.05) is 0 Å². The Morgan fingerprint density at radius 3 is 2.91 bits per heavy atom. The minimum atomic E-state index is -3.26. The van der Waals surface area contributed by atoms with Crippen LogP contribution in [0.4, 0.5) is 5.69 Å². The third kappa shape index (κ3) is 0.848. The fourth-order valence-electron chi connectivity index (χ4n) is 0.881. The lowest BCUT2D eigenvalue weighted by Crippen LogP contribution is -1.96. The second-order valence-electron chi connectivity index (χ2n) is 2.12. The van der Waals surface area contributed by atoms with Crippen molar-refractivity contribution in [3.05, 3.63) is 18.5 Å². The molecule has 0 amide bonds. The molecule has 0 aromatic carbocycles. The quantitative estimate of drug-likeness (QED) is 0.567. The molecule has 0 spiro atoms. The number of hydrogen-bond acceptors (Lipinski definition) is 4. The zero-order chi connectivity index (χ0) is 7.90.